The molecule has 2 aromatic rings. The molecular weight excluding hydrogens is 312 g/mol. The monoisotopic (exact) mass is 320 g/mol. The van der Waals surface area contributed by atoms with Crippen LogP contribution >= 0.6 is 15.9 Å². The third-order valence-electron chi connectivity index (χ3n) is 2.32. The SMILES string of the molecule is O=C(O)c1cccc(C(=O)Nc2ccccc2Br)n1. The number of aromatic carboxylic acids is 1. The Morgan fingerprint density at radius 3 is 2.42 bits per heavy atom. The highest BCUT2D eigenvalue weighted by Gasteiger charge is 2.12. The minimum absolute atomic E-state index is 0.0515. The van der Waals surface area contributed by atoms with Crippen LogP contribution in [0.1, 0.15) is 21.0 Å². The van der Waals surface area contributed by atoms with Crippen LogP contribution in [0.2, 0.25) is 0 Å². The van der Waals surface area contributed by atoms with E-state index in [4.69, 9.17) is 5.11 Å². The number of rotatable bonds is 3. The molecule has 0 bridgehead atoms. The number of aromatic nitrogens is 1. The van der Waals surface area contributed by atoms with E-state index in [1.807, 2.05) is 6.07 Å². The summed E-state index contributed by atoms with van der Waals surface area (Å²) in [5.74, 6) is -1.63. The lowest BCUT2D eigenvalue weighted by Crippen LogP contribution is -2.15. The average Bonchev–Trinajstić information content (AvgIpc) is 2.41. The fourth-order valence-electron chi connectivity index (χ4n) is 1.43. The van der Waals surface area contributed by atoms with Gasteiger partial charge in [0.25, 0.3) is 5.91 Å². The van der Waals surface area contributed by atoms with Gasteiger partial charge in [0.2, 0.25) is 0 Å². The molecule has 6 heteroatoms. The standard InChI is InChI=1S/C13H9BrN2O3/c14-8-4-1-2-5-9(8)16-12(17)10-6-3-7-11(15-10)13(18)19/h1-7H,(H,16,17)(H,18,19). The first kappa shape index (κ1) is 13.2. The molecular formula is C13H9BrN2O3. The van der Waals surface area contributed by atoms with Crippen molar-refractivity contribution in [2.24, 2.45) is 0 Å². The number of nitrogens with zero attached hydrogens (tertiary/aromatic N) is 1. The van der Waals surface area contributed by atoms with Crippen LogP contribution in [0.3, 0.4) is 0 Å². The van der Waals surface area contributed by atoms with Gasteiger partial charge < -0.3 is 10.4 Å². The summed E-state index contributed by atoms with van der Waals surface area (Å²) in [5.41, 5.74) is 0.477. The van der Waals surface area contributed by atoms with Gasteiger partial charge in [-0.25, -0.2) is 9.78 Å². The number of carbonyl (C=O) groups is 2. The first-order valence-electron chi connectivity index (χ1n) is 5.34. The molecule has 0 saturated carbocycles. The van der Waals surface area contributed by atoms with E-state index in [9.17, 15) is 9.59 Å². The predicted molar refractivity (Wildman–Crippen MR) is 73.3 cm³/mol. The molecule has 0 fully saturated rings. The fourth-order valence-corrected chi connectivity index (χ4v) is 1.81. The van der Waals surface area contributed by atoms with Gasteiger partial charge in [-0.05, 0) is 40.2 Å². The number of carbonyl (C=O) groups excluding carboxylic acids is 1. The quantitative estimate of drug-likeness (QED) is 0.911. The van der Waals surface area contributed by atoms with E-state index in [1.54, 1.807) is 18.2 Å². The van der Waals surface area contributed by atoms with Crippen LogP contribution in [0.25, 0.3) is 0 Å². The Morgan fingerprint density at radius 2 is 1.74 bits per heavy atom. The first-order valence-corrected chi connectivity index (χ1v) is 6.13. The number of pyridine rings is 1. The van der Waals surface area contributed by atoms with Gasteiger partial charge in [0.1, 0.15) is 11.4 Å². The molecule has 0 atom stereocenters. The van der Waals surface area contributed by atoms with Gasteiger partial charge in [-0.2, -0.15) is 0 Å². The Labute approximate surface area is 117 Å². The number of amides is 1. The van der Waals surface area contributed by atoms with Gasteiger partial charge in [0.15, 0.2) is 0 Å². The molecule has 19 heavy (non-hydrogen) atoms. The Balaban J connectivity index is 2.23. The second kappa shape index (κ2) is 5.62. The Kier molecular flexibility index (Phi) is 3.91. The maximum Gasteiger partial charge on any atom is 0.354 e. The Bertz CT molecular complexity index is 643. The lowest BCUT2D eigenvalue weighted by atomic mass is 10.2. The molecule has 2 N–H and O–H groups in total. The molecule has 1 aromatic heterocycles. The van der Waals surface area contributed by atoms with Crippen LogP contribution < -0.4 is 5.32 Å². The molecule has 0 unspecified atom stereocenters. The lowest BCUT2D eigenvalue weighted by molar-refractivity contribution is 0.0690. The maximum absolute atomic E-state index is 12.0. The van der Waals surface area contributed by atoms with Crippen molar-refractivity contribution in [2.75, 3.05) is 5.32 Å². The first-order chi connectivity index (χ1) is 9.08. The molecule has 0 aliphatic carbocycles. The molecule has 96 valence electrons. The number of carboxylic acids is 1. The van der Waals surface area contributed by atoms with Gasteiger partial charge in [-0.15, -0.1) is 0 Å². The zero-order chi connectivity index (χ0) is 13.8. The van der Waals surface area contributed by atoms with E-state index in [-0.39, 0.29) is 11.4 Å². The number of hydrogen-bond acceptors (Lipinski definition) is 3. The van der Waals surface area contributed by atoms with Gasteiger partial charge >= 0.3 is 5.97 Å². The topological polar surface area (TPSA) is 79.3 Å². The maximum atomic E-state index is 12.0. The van der Waals surface area contributed by atoms with Gasteiger partial charge in [0.05, 0.1) is 5.69 Å². The van der Waals surface area contributed by atoms with Crippen molar-refractivity contribution in [2.45, 2.75) is 0 Å². The highest BCUT2D eigenvalue weighted by Crippen LogP contribution is 2.21. The summed E-state index contributed by atoms with van der Waals surface area (Å²) < 4.78 is 0.734. The number of nitrogens with one attached hydrogen (secondary N) is 1. The van der Waals surface area contributed by atoms with Crippen molar-refractivity contribution in [3.8, 4) is 0 Å². The smallest absolute Gasteiger partial charge is 0.354 e. The number of carboxylic acid groups (broad SMARTS) is 1. The molecule has 0 radical (unpaired) electrons. The molecule has 0 aliphatic rings. The zero-order valence-corrected chi connectivity index (χ0v) is 11.2. The number of hydrogen-bond donors (Lipinski definition) is 2. The summed E-state index contributed by atoms with van der Waals surface area (Å²) in [6.45, 7) is 0. The normalized spacial score (nSPS) is 9.95. The summed E-state index contributed by atoms with van der Waals surface area (Å²) >= 11 is 3.31. The highest BCUT2D eigenvalue weighted by atomic mass is 79.9. The van der Waals surface area contributed by atoms with Crippen molar-refractivity contribution in [3.05, 3.63) is 58.3 Å². The zero-order valence-electron chi connectivity index (χ0n) is 9.63. The van der Waals surface area contributed by atoms with Crippen LogP contribution in [-0.2, 0) is 0 Å². The minimum atomic E-state index is -1.17. The summed E-state index contributed by atoms with van der Waals surface area (Å²) in [7, 11) is 0. The lowest BCUT2D eigenvalue weighted by Gasteiger charge is -2.06. The van der Waals surface area contributed by atoms with E-state index in [2.05, 4.69) is 26.2 Å². The van der Waals surface area contributed by atoms with E-state index >= 15 is 0 Å². The molecule has 0 aliphatic heterocycles. The molecule has 2 rings (SSSR count). The summed E-state index contributed by atoms with van der Waals surface area (Å²) in [6.07, 6.45) is 0. The summed E-state index contributed by atoms with van der Waals surface area (Å²) in [5, 5.41) is 11.5. The molecule has 1 aromatic carbocycles. The third kappa shape index (κ3) is 3.17. The van der Waals surface area contributed by atoms with Crippen LogP contribution in [0.15, 0.2) is 46.9 Å². The van der Waals surface area contributed by atoms with E-state index < -0.39 is 11.9 Å². The Morgan fingerprint density at radius 1 is 1.05 bits per heavy atom. The number of benzene rings is 1. The van der Waals surface area contributed by atoms with E-state index in [0.29, 0.717) is 5.69 Å². The van der Waals surface area contributed by atoms with Crippen molar-refractivity contribution < 1.29 is 14.7 Å². The van der Waals surface area contributed by atoms with Gasteiger partial charge in [-0.3, -0.25) is 4.79 Å². The Hall–Kier alpha value is -2.21. The molecule has 0 saturated heterocycles. The minimum Gasteiger partial charge on any atom is -0.477 e. The summed E-state index contributed by atoms with van der Waals surface area (Å²) in [6, 6.07) is 11.4. The number of halogens is 1. The second-order valence-electron chi connectivity index (χ2n) is 3.65. The van der Waals surface area contributed by atoms with Crippen LogP contribution in [0.5, 0.6) is 0 Å². The molecule has 5 nitrogen and oxygen atoms in total. The highest BCUT2D eigenvalue weighted by molar-refractivity contribution is 9.10. The van der Waals surface area contributed by atoms with E-state index in [0.717, 1.165) is 4.47 Å². The second-order valence-corrected chi connectivity index (χ2v) is 4.50. The van der Waals surface area contributed by atoms with Crippen molar-refractivity contribution in [1.29, 1.82) is 0 Å². The largest absolute Gasteiger partial charge is 0.477 e. The molecule has 1 heterocycles. The molecule has 1 amide bonds. The number of para-hydroxylation sites is 1. The third-order valence-corrected chi connectivity index (χ3v) is 3.01. The predicted octanol–water partition coefficient (Wildman–Crippen LogP) is 2.79. The average molecular weight is 321 g/mol. The van der Waals surface area contributed by atoms with Crippen molar-refractivity contribution >= 4 is 33.5 Å². The van der Waals surface area contributed by atoms with Gasteiger partial charge in [0, 0.05) is 4.47 Å². The van der Waals surface area contributed by atoms with Crippen molar-refractivity contribution in [1.82, 2.24) is 4.98 Å². The van der Waals surface area contributed by atoms with Crippen LogP contribution in [-0.4, -0.2) is 22.0 Å². The molecule has 0 spiro atoms. The van der Waals surface area contributed by atoms with Gasteiger partial charge in [-0.1, -0.05) is 18.2 Å². The van der Waals surface area contributed by atoms with Crippen molar-refractivity contribution in [3.63, 3.8) is 0 Å². The van der Waals surface area contributed by atoms with Crippen LogP contribution in [0.4, 0.5) is 5.69 Å². The van der Waals surface area contributed by atoms with Crippen LogP contribution in [0, 0.1) is 0 Å². The summed E-state index contributed by atoms with van der Waals surface area (Å²) in [4.78, 5) is 26.5. The number of anilines is 1. The van der Waals surface area contributed by atoms with E-state index in [1.165, 1.54) is 18.2 Å². The fraction of sp³-hybridized carbons (Fsp3) is 0.